The zero-order valence-electron chi connectivity index (χ0n) is 25.6. The fourth-order valence-corrected chi connectivity index (χ4v) is 8.07. The molecule has 11 nitrogen and oxygen atoms in total. The highest BCUT2D eigenvalue weighted by Gasteiger charge is 2.38. The number of benzene rings is 3. The van der Waals surface area contributed by atoms with Crippen molar-refractivity contribution in [2.24, 2.45) is 0 Å². The van der Waals surface area contributed by atoms with Crippen molar-refractivity contribution in [2.75, 3.05) is 45.8 Å². The van der Waals surface area contributed by atoms with Gasteiger partial charge in [-0.15, -0.1) is 0 Å². The van der Waals surface area contributed by atoms with E-state index in [9.17, 15) is 28.5 Å². The van der Waals surface area contributed by atoms with E-state index in [2.05, 4.69) is 22.8 Å². The Balaban J connectivity index is 1.43. The van der Waals surface area contributed by atoms with E-state index in [1.54, 1.807) is 29.2 Å². The number of hydrogen-bond donors (Lipinski definition) is 0. The number of piperazine rings is 1. The summed E-state index contributed by atoms with van der Waals surface area (Å²) >= 11 is 0. The molecule has 2 unspecified atom stereocenters. The summed E-state index contributed by atoms with van der Waals surface area (Å²) in [6, 6.07) is 21.5. The van der Waals surface area contributed by atoms with Crippen molar-refractivity contribution in [1.82, 2.24) is 23.2 Å². The average Bonchev–Trinajstić information content (AvgIpc) is 3.69. The number of aromatic nitrogens is 2. The first kappa shape index (κ1) is 31.2. The number of hydrogen-bond acceptors (Lipinski definition) is 8. The Morgan fingerprint density at radius 3 is 2.22 bits per heavy atom. The average molecular weight is 638 g/mol. The van der Waals surface area contributed by atoms with Gasteiger partial charge in [-0.1, -0.05) is 37.3 Å². The van der Waals surface area contributed by atoms with Crippen LogP contribution in [0.5, 0.6) is 0 Å². The van der Waals surface area contributed by atoms with Gasteiger partial charge in [0.1, 0.15) is 6.04 Å². The maximum atomic E-state index is 14.5. The fourth-order valence-electron chi connectivity index (χ4n) is 6.67. The van der Waals surface area contributed by atoms with Crippen molar-refractivity contribution in [3.63, 3.8) is 0 Å². The highest BCUT2D eigenvalue weighted by Crippen LogP contribution is 2.30. The van der Waals surface area contributed by atoms with Gasteiger partial charge in [0.15, 0.2) is 0 Å². The van der Waals surface area contributed by atoms with Gasteiger partial charge in [0.2, 0.25) is 0 Å². The molecule has 12 heteroatoms. The van der Waals surface area contributed by atoms with Gasteiger partial charge >= 0.3 is 5.69 Å². The molecule has 0 bridgehead atoms. The lowest BCUT2D eigenvalue weighted by Crippen LogP contribution is -2.51. The molecule has 3 aromatic carbocycles. The fraction of sp³-hybridized carbons (Fsp3) is 0.353. The highest BCUT2D eigenvalue weighted by molar-refractivity contribution is 7.90. The van der Waals surface area contributed by atoms with Crippen LogP contribution in [0.25, 0.3) is 11.0 Å². The van der Waals surface area contributed by atoms with Crippen molar-refractivity contribution in [2.45, 2.75) is 36.7 Å². The van der Waals surface area contributed by atoms with Crippen molar-refractivity contribution in [3.05, 3.63) is 100.0 Å². The number of carbonyl (C=O) groups excluding carboxylic acids is 1. The molecule has 2 aliphatic rings. The Morgan fingerprint density at radius 1 is 0.891 bits per heavy atom. The van der Waals surface area contributed by atoms with Crippen LogP contribution in [0.4, 0.5) is 0 Å². The van der Waals surface area contributed by atoms with Gasteiger partial charge in [-0.2, -0.15) is 14.5 Å². The summed E-state index contributed by atoms with van der Waals surface area (Å²) < 4.78 is 29.9. The molecule has 2 saturated heterocycles. The summed E-state index contributed by atoms with van der Waals surface area (Å²) in [4.78, 5) is 35.4. The van der Waals surface area contributed by atoms with Crippen LogP contribution in [0, 0.1) is 22.7 Å². The Bertz CT molecular complexity index is 2000. The van der Waals surface area contributed by atoms with Gasteiger partial charge < -0.3 is 9.80 Å². The minimum Gasteiger partial charge on any atom is -0.339 e. The second-order valence-corrected chi connectivity index (χ2v) is 13.6. The van der Waals surface area contributed by atoms with E-state index in [1.807, 2.05) is 12.1 Å². The SMILES string of the molecule is CCCN1CCN(C2CCN(C(=O)C(c3ccccc3)n3c(=O)n(S(=O)(=O)c4ccc(C#N)cc4)c4ccc(C#N)cc43)C2)CC1. The van der Waals surface area contributed by atoms with Crippen LogP contribution in [0.2, 0.25) is 0 Å². The molecule has 1 aromatic heterocycles. The van der Waals surface area contributed by atoms with Crippen LogP contribution in [0.3, 0.4) is 0 Å². The molecular weight excluding hydrogens is 602 g/mol. The summed E-state index contributed by atoms with van der Waals surface area (Å²) in [6.07, 6.45) is 1.93. The van der Waals surface area contributed by atoms with Crippen LogP contribution >= 0.6 is 0 Å². The lowest BCUT2D eigenvalue weighted by Gasteiger charge is -2.38. The zero-order chi connectivity index (χ0) is 32.4. The normalized spacial score (nSPS) is 18.3. The Labute approximate surface area is 268 Å². The van der Waals surface area contributed by atoms with Crippen LogP contribution in [-0.4, -0.2) is 89.4 Å². The van der Waals surface area contributed by atoms with E-state index in [-0.39, 0.29) is 39.0 Å². The molecule has 0 N–H and O–H groups in total. The number of nitriles is 2. The predicted molar refractivity (Wildman–Crippen MR) is 173 cm³/mol. The molecule has 2 atom stereocenters. The molecule has 0 spiro atoms. The van der Waals surface area contributed by atoms with Crippen molar-refractivity contribution in [3.8, 4) is 12.1 Å². The van der Waals surface area contributed by atoms with E-state index in [1.165, 1.54) is 47.0 Å². The maximum absolute atomic E-state index is 14.5. The smallest absolute Gasteiger partial charge is 0.339 e. The predicted octanol–water partition coefficient (Wildman–Crippen LogP) is 3.00. The van der Waals surface area contributed by atoms with Gasteiger partial charge in [0, 0.05) is 45.3 Å². The molecule has 0 radical (unpaired) electrons. The number of carbonyl (C=O) groups is 1. The zero-order valence-corrected chi connectivity index (χ0v) is 26.4. The van der Waals surface area contributed by atoms with Gasteiger partial charge in [-0.25, -0.2) is 13.2 Å². The standard InChI is InChI=1S/C34H35N7O4S/c1-2-15-37-17-19-38(20-18-37)28-14-16-39(24-28)33(42)32(27-6-4-3-5-7-27)40-31-21-26(23-36)10-13-30(31)41(34(40)43)46(44,45)29-11-8-25(22-35)9-12-29/h3-13,21,28,32H,2,14-20,24H2,1H3. The number of nitrogens with zero attached hydrogens (tertiary/aromatic N) is 7. The molecule has 236 valence electrons. The third-order valence-electron chi connectivity index (χ3n) is 9.03. The second-order valence-electron chi connectivity index (χ2n) is 11.8. The molecule has 4 aromatic rings. The van der Waals surface area contributed by atoms with Crippen LogP contribution < -0.4 is 5.69 Å². The molecule has 3 heterocycles. The molecule has 46 heavy (non-hydrogen) atoms. The van der Waals surface area contributed by atoms with E-state index in [0.717, 1.165) is 45.6 Å². The monoisotopic (exact) mass is 637 g/mol. The third kappa shape index (κ3) is 5.71. The Kier molecular flexibility index (Phi) is 8.78. The largest absolute Gasteiger partial charge is 0.344 e. The molecule has 6 rings (SSSR count). The summed E-state index contributed by atoms with van der Waals surface area (Å²) in [5.74, 6) is -0.308. The maximum Gasteiger partial charge on any atom is 0.344 e. The first-order valence-corrected chi connectivity index (χ1v) is 16.9. The topological polar surface area (TPSA) is 135 Å². The van der Waals surface area contributed by atoms with Crippen molar-refractivity contribution in [1.29, 1.82) is 10.5 Å². The van der Waals surface area contributed by atoms with E-state index in [4.69, 9.17) is 0 Å². The number of rotatable bonds is 8. The van der Waals surface area contributed by atoms with Gasteiger partial charge in [0.25, 0.3) is 15.9 Å². The lowest BCUT2D eigenvalue weighted by molar-refractivity contribution is -0.132. The van der Waals surface area contributed by atoms with Crippen molar-refractivity contribution < 1.29 is 13.2 Å². The summed E-state index contributed by atoms with van der Waals surface area (Å²) in [6.45, 7) is 8.15. The van der Waals surface area contributed by atoms with Crippen LogP contribution in [-0.2, 0) is 14.8 Å². The molecule has 0 saturated carbocycles. The van der Waals surface area contributed by atoms with E-state index >= 15 is 0 Å². The van der Waals surface area contributed by atoms with E-state index in [0.29, 0.717) is 22.6 Å². The highest BCUT2D eigenvalue weighted by atomic mass is 32.2. The summed E-state index contributed by atoms with van der Waals surface area (Å²) in [5.41, 5.74) is 0.311. The van der Waals surface area contributed by atoms with Crippen LogP contribution in [0.15, 0.2) is 82.5 Å². The molecule has 0 aliphatic carbocycles. The Hall–Kier alpha value is -4.75. The molecule has 1 amide bonds. The summed E-state index contributed by atoms with van der Waals surface area (Å²) in [5, 5.41) is 18.9. The molecule has 2 fully saturated rings. The number of fused-ring (bicyclic) bond motifs is 1. The second kappa shape index (κ2) is 12.9. The van der Waals surface area contributed by atoms with Gasteiger partial charge in [-0.3, -0.25) is 14.3 Å². The minimum absolute atomic E-state index is 0.0475. The minimum atomic E-state index is -4.46. The Morgan fingerprint density at radius 2 is 1.57 bits per heavy atom. The third-order valence-corrected chi connectivity index (χ3v) is 10.7. The summed E-state index contributed by atoms with van der Waals surface area (Å²) in [7, 11) is -4.46. The first-order valence-electron chi connectivity index (χ1n) is 15.5. The lowest BCUT2D eigenvalue weighted by atomic mass is 10.0. The van der Waals surface area contributed by atoms with Crippen molar-refractivity contribution >= 4 is 27.0 Å². The molecule has 2 aliphatic heterocycles. The number of imidazole rings is 1. The van der Waals surface area contributed by atoms with Gasteiger partial charge in [-0.05, 0) is 67.4 Å². The first-order chi connectivity index (χ1) is 22.3. The number of amides is 1. The quantitative estimate of drug-likeness (QED) is 0.288. The van der Waals surface area contributed by atoms with E-state index < -0.39 is 21.8 Å². The molecular formula is C34H35N7O4S. The van der Waals surface area contributed by atoms with Crippen LogP contribution in [0.1, 0.15) is 42.5 Å². The van der Waals surface area contributed by atoms with Gasteiger partial charge in [0.05, 0.1) is 39.2 Å². The number of likely N-dealkylation sites (tertiary alicyclic amines) is 1.